The minimum Gasteiger partial charge on any atom is -0.451 e. The van der Waals surface area contributed by atoms with Gasteiger partial charge in [0, 0.05) is 42.4 Å². The number of ether oxygens (including phenoxy) is 3. The fourth-order valence-corrected chi connectivity index (χ4v) is 6.94. The molecular formula is C35H40O7S. The highest BCUT2D eigenvalue weighted by Gasteiger charge is 2.42. The molecule has 2 saturated heterocycles. The zero-order chi connectivity index (χ0) is 31.3. The Kier molecular flexibility index (Phi) is 9.93. The molecule has 0 radical (unpaired) electrons. The van der Waals surface area contributed by atoms with Crippen LogP contribution in [0, 0.1) is 6.92 Å². The average molecular weight is 605 g/mol. The number of hydrogen-bond donors (Lipinski definition) is 0. The molecule has 5 rings (SSSR count). The summed E-state index contributed by atoms with van der Waals surface area (Å²) in [6.07, 6.45) is 1.91. The number of carbonyl (C=O) groups is 2. The molecule has 2 aliphatic heterocycles. The first-order chi connectivity index (χ1) is 20.4. The molecule has 2 heterocycles. The number of hydrogen-bond acceptors (Lipinski definition) is 7. The maximum Gasteiger partial charge on any atom is 0.334 e. The topological polar surface area (TPSA) is 96.0 Å². The smallest absolute Gasteiger partial charge is 0.334 e. The third-order valence-electron chi connectivity index (χ3n) is 8.07. The van der Waals surface area contributed by atoms with Gasteiger partial charge in [0.25, 0.3) is 0 Å². The molecule has 2 aliphatic rings. The van der Waals surface area contributed by atoms with Crippen LogP contribution in [-0.2, 0) is 44.8 Å². The van der Waals surface area contributed by atoms with Crippen LogP contribution in [0.2, 0.25) is 0 Å². The zero-order valence-electron chi connectivity index (χ0n) is 25.2. The molecule has 0 atom stereocenters. The summed E-state index contributed by atoms with van der Waals surface area (Å²) < 4.78 is 40.4. The number of benzene rings is 3. The van der Waals surface area contributed by atoms with Gasteiger partial charge in [-0.25, -0.2) is 18.0 Å². The molecule has 0 bridgehead atoms. The summed E-state index contributed by atoms with van der Waals surface area (Å²) >= 11 is 0. The highest BCUT2D eigenvalue weighted by atomic mass is 32.2. The van der Waals surface area contributed by atoms with Gasteiger partial charge in [0.15, 0.2) is 9.84 Å². The number of esters is 2. The molecule has 3 aromatic rings. The van der Waals surface area contributed by atoms with Crippen LogP contribution in [0.3, 0.4) is 0 Å². The third kappa shape index (κ3) is 7.61. The maximum absolute atomic E-state index is 12.2. The Bertz CT molecular complexity index is 1590. The molecule has 43 heavy (non-hydrogen) atoms. The van der Waals surface area contributed by atoms with Crippen molar-refractivity contribution in [1.29, 1.82) is 0 Å². The van der Waals surface area contributed by atoms with Crippen molar-refractivity contribution in [3.8, 4) is 0 Å². The Hall–Kier alpha value is -3.75. The first-order valence-electron chi connectivity index (χ1n) is 14.5. The number of sulfone groups is 1. The Balaban J connectivity index is 0.000000197. The maximum atomic E-state index is 12.2. The predicted molar refractivity (Wildman–Crippen MR) is 168 cm³/mol. The van der Waals surface area contributed by atoms with E-state index in [1.807, 2.05) is 49.4 Å². The molecule has 0 amide bonds. The number of carbonyl (C=O) groups excluding carboxylic acids is 2. The van der Waals surface area contributed by atoms with Crippen molar-refractivity contribution in [3.63, 3.8) is 0 Å². The second kappa shape index (κ2) is 13.3. The largest absolute Gasteiger partial charge is 0.451 e. The number of aryl methyl sites for hydroxylation is 1. The molecule has 3 aromatic carbocycles. The van der Waals surface area contributed by atoms with Crippen molar-refractivity contribution in [2.24, 2.45) is 0 Å². The summed E-state index contributed by atoms with van der Waals surface area (Å²) in [4.78, 5) is 24.1. The Morgan fingerprint density at radius 3 is 1.86 bits per heavy atom. The monoisotopic (exact) mass is 604 g/mol. The Morgan fingerprint density at radius 1 is 0.744 bits per heavy atom. The van der Waals surface area contributed by atoms with E-state index in [1.54, 1.807) is 13.8 Å². The van der Waals surface area contributed by atoms with Crippen LogP contribution in [0.1, 0.15) is 56.2 Å². The van der Waals surface area contributed by atoms with E-state index in [2.05, 4.69) is 37.4 Å². The third-order valence-corrected chi connectivity index (χ3v) is 9.72. The zero-order valence-corrected chi connectivity index (χ0v) is 26.0. The molecule has 0 N–H and O–H groups in total. The second-order valence-electron chi connectivity index (χ2n) is 11.5. The normalized spacial score (nSPS) is 18.4. The van der Waals surface area contributed by atoms with E-state index in [0.29, 0.717) is 37.2 Å². The number of fused-ring (bicyclic) bond motifs is 1. The van der Waals surface area contributed by atoms with Crippen molar-refractivity contribution in [1.82, 2.24) is 0 Å². The van der Waals surface area contributed by atoms with E-state index in [4.69, 9.17) is 14.2 Å². The van der Waals surface area contributed by atoms with Gasteiger partial charge in [0.1, 0.15) is 11.2 Å². The summed E-state index contributed by atoms with van der Waals surface area (Å²) in [5.74, 6) is -0.751. The van der Waals surface area contributed by atoms with Crippen molar-refractivity contribution in [2.75, 3.05) is 24.7 Å². The van der Waals surface area contributed by atoms with Crippen molar-refractivity contribution in [2.45, 2.75) is 57.7 Å². The summed E-state index contributed by atoms with van der Waals surface area (Å²) in [5.41, 5.74) is 2.25. The SMILES string of the molecule is C=C(C)C(=O)OC1(c2ccc(C)cc2)CCS(=O)(=O)CC1.C=C(C)C(=O)OC1(c2cccc3ccccc23)CCOCC1. The number of rotatable bonds is 6. The van der Waals surface area contributed by atoms with E-state index in [9.17, 15) is 18.0 Å². The first-order valence-corrected chi connectivity index (χ1v) is 16.3. The van der Waals surface area contributed by atoms with E-state index >= 15 is 0 Å². The van der Waals surface area contributed by atoms with Gasteiger partial charge in [-0.05, 0) is 37.1 Å². The molecule has 0 unspecified atom stereocenters. The molecule has 0 aliphatic carbocycles. The van der Waals surface area contributed by atoms with Gasteiger partial charge in [-0.2, -0.15) is 0 Å². The molecular weight excluding hydrogens is 564 g/mol. The van der Waals surface area contributed by atoms with Gasteiger partial charge in [0.2, 0.25) is 0 Å². The van der Waals surface area contributed by atoms with Crippen LogP contribution in [0.4, 0.5) is 0 Å². The molecule has 2 fully saturated rings. The molecule has 8 heteroatoms. The summed E-state index contributed by atoms with van der Waals surface area (Å²) in [6, 6.07) is 22.0. The lowest BCUT2D eigenvalue weighted by atomic mass is 9.83. The standard InChI is InChI=1S/C19H20O3.C16H20O4S/c1-14(2)18(20)22-19(10-12-21-13-11-19)17-9-5-7-15-6-3-4-8-16(15)17;1-12(2)15(17)20-16(8-10-21(18,19)11-9-16)14-6-4-13(3)5-7-14/h3-9H,1,10-13H2,2H3;4-7H,1,8-11H2,2-3H3. The van der Waals surface area contributed by atoms with Gasteiger partial charge < -0.3 is 14.2 Å². The lowest BCUT2D eigenvalue weighted by Crippen LogP contribution is -2.41. The summed E-state index contributed by atoms with van der Waals surface area (Å²) in [6.45, 7) is 13.7. The van der Waals surface area contributed by atoms with E-state index in [1.165, 1.54) is 0 Å². The van der Waals surface area contributed by atoms with Gasteiger partial charge in [-0.3, -0.25) is 0 Å². The van der Waals surface area contributed by atoms with Crippen LogP contribution in [0.25, 0.3) is 10.8 Å². The molecule has 0 aromatic heterocycles. The van der Waals surface area contributed by atoms with Crippen molar-refractivity contribution < 1.29 is 32.2 Å². The van der Waals surface area contributed by atoms with Crippen LogP contribution < -0.4 is 0 Å². The lowest BCUT2D eigenvalue weighted by molar-refractivity contribution is -0.166. The fraction of sp³-hybridized carbons (Fsp3) is 0.371. The van der Waals surface area contributed by atoms with Crippen molar-refractivity contribution >= 4 is 32.5 Å². The van der Waals surface area contributed by atoms with E-state index < -0.39 is 27.0 Å². The highest BCUT2D eigenvalue weighted by Crippen LogP contribution is 2.41. The highest BCUT2D eigenvalue weighted by molar-refractivity contribution is 7.91. The molecule has 0 saturated carbocycles. The van der Waals surface area contributed by atoms with Crippen LogP contribution in [-0.4, -0.2) is 45.1 Å². The Labute approximate surface area is 254 Å². The van der Waals surface area contributed by atoms with Crippen LogP contribution in [0.15, 0.2) is 91.0 Å². The van der Waals surface area contributed by atoms with Gasteiger partial charge in [-0.15, -0.1) is 0 Å². The molecule has 228 valence electrons. The predicted octanol–water partition coefficient (Wildman–Crippen LogP) is 6.48. The minimum absolute atomic E-state index is 0.0321. The Morgan fingerprint density at radius 2 is 1.28 bits per heavy atom. The van der Waals surface area contributed by atoms with Crippen molar-refractivity contribution in [3.05, 3.63) is 108 Å². The summed E-state index contributed by atoms with van der Waals surface area (Å²) in [7, 11) is -3.04. The first kappa shape index (κ1) is 32.2. The fourth-order valence-electron chi connectivity index (χ4n) is 5.45. The van der Waals surface area contributed by atoms with Crippen LogP contribution >= 0.6 is 0 Å². The lowest BCUT2D eigenvalue weighted by Gasteiger charge is -2.38. The van der Waals surface area contributed by atoms with Gasteiger partial charge >= 0.3 is 11.9 Å². The minimum atomic E-state index is -3.04. The summed E-state index contributed by atoms with van der Waals surface area (Å²) in [5, 5.41) is 2.28. The van der Waals surface area contributed by atoms with E-state index in [0.717, 1.165) is 27.5 Å². The van der Waals surface area contributed by atoms with Gasteiger partial charge in [-0.1, -0.05) is 85.5 Å². The van der Waals surface area contributed by atoms with Crippen LogP contribution in [0.5, 0.6) is 0 Å². The van der Waals surface area contributed by atoms with E-state index in [-0.39, 0.29) is 30.3 Å². The average Bonchev–Trinajstić information content (AvgIpc) is 2.99. The molecule has 0 spiro atoms. The van der Waals surface area contributed by atoms with Gasteiger partial charge in [0.05, 0.1) is 24.7 Å². The quantitative estimate of drug-likeness (QED) is 0.235. The second-order valence-corrected chi connectivity index (χ2v) is 13.8. The molecule has 7 nitrogen and oxygen atoms in total.